The Morgan fingerprint density at radius 3 is 1.66 bits per heavy atom. The van der Waals surface area contributed by atoms with E-state index in [1.807, 2.05) is 0 Å². The number of thioether (sulfide) groups is 1. The van der Waals surface area contributed by atoms with Crippen LogP contribution in [0.3, 0.4) is 0 Å². The Balaban J connectivity index is 2.66. The first-order valence-electron chi connectivity index (χ1n) is 13.6. The number of benzene rings is 1. The smallest absolute Gasteiger partial charge is 0.192 e. The molecule has 1 aromatic rings. The van der Waals surface area contributed by atoms with Crippen LogP contribution in [0.4, 0.5) is 0 Å². The van der Waals surface area contributed by atoms with E-state index < -0.39 is 16.6 Å². The molecule has 35 heavy (non-hydrogen) atoms. The predicted molar refractivity (Wildman–Crippen MR) is 164 cm³/mol. The summed E-state index contributed by atoms with van der Waals surface area (Å²) in [5, 5.41) is 0.474. The van der Waals surface area contributed by atoms with Crippen LogP contribution in [-0.2, 0) is 14.6 Å². The van der Waals surface area contributed by atoms with Gasteiger partial charge in [-0.15, -0.1) is 0 Å². The third-order valence-corrected chi connectivity index (χ3v) is 18.1. The first-order valence-corrected chi connectivity index (χ1v) is 20.6. The summed E-state index contributed by atoms with van der Waals surface area (Å²) in [7, 11) is -3.55. The van der Waals surface area contributed by atoms with Gasteiger partial charge in [0.15, 0.2) is 16.6 Å². The van der Waals surface area contributed by atoms with Gasteiger partial charge in [-0.05, 0) is 80.8 Å². The van der Waals surface area contributed by atoms with E-state index in [0.717, 1.165) is 25.4 Å². The highest BCUT2D eigenvalue weighted by Gasteiger charge is 2.40. The highest BCUT2D eigenvalue weighted by molar-refractivity contribution is 7.98. The van der Waals surface area contributed by atoms with E-state index in [-0.39, 0.29) is 22.3 Å². The van der Waals surface area contributed by atoms with Crippen LogP contribution < -0.4 is 0 Å². The lowest BCUT2D eigenvalue weighted by molar-refractivity contribution is 0.0904. The summed E-state index contributed by atoms with van der Waals surface area (Å²) < 4.78 is 13.4. The van der Waals surface area contributed by atoms with Gasteiger partial charge in [0, 0.05) is 18.8 Å². The van der Waals surface area contributed by atoms with Crippen LogP contribution in [0.25, 0.3) is 0 Å². The van der Waals surface area contributed by atoms with Crippen LogP contribution in [0.15, 0.2) is 30.3 Å². The molecule has 0 aliphatic heterocycles. The molecule has 0 radical (unpaired) electrons. The van der Waals surface area contributed by atoms with Crippen molar-refractivity contribution in [1.29, 1.82) is 0 Å². The minimum Gasteiger partial charge on any atom is -0.413 e. The van der Waals surface area contributed by atoms with Gasteiger partial charge in [-0.1, -0.05) is 71.9 Å². The van der Waals surface area contributed by atoms with Crippen LogP contribution in [-0.4, -0.2) is 59.1 Å². The van der Waals surface area contributed by atoms with Crippen molar-refractivity contribution in [2.24, 2.45) is 0 Å². The fourth-order valence-corrected chi connectivity index (χ4v) is 7.57. The largest absolute Gasteiger partial charge is 0.413 e. The number of hydrogen-bond acceptors (Lipinski definition) is 4. The summed E-state index contributed by atoms with van der Waals surface area (Å²) in [6.07, 6.45) is 2.96. The van der Waals surface area contributed by atoms with Gasteiger partial charge in [-0.2, -0.15) is 11.8 Å². The van der Waals surface area contributed by atoms with Gasteiger partial charge < -0.3 is 8.85 Å². The summed E-state index contributed by atoms with van der Waals surface area (Å²) in [6, 6.07) is 10.8. The maximum absolute atomic E-state index is 6.72. The molecule has 2 atom stereocenters. The molecule has 0 heterocycles. The molecule has 0 fully saturated rings. The van der Waals surface area contributed by atoms with Crippen molar-refractivity contribution in [2.75, 3.05) is 25.4 Å². The number of unbranched alkanes of at least 4 members (excludes halogenated alkanes) is 1. The highest BCUT2D eigenvalue weighted by atomic mass is 32.2. The molecule has 0 bridgehead atoms. The van der Waals surface area contributed by atoms with Crippen molar-refractivity contribution >= 4 is 28.4 Å². The molecule has 6 heteroatoms. The molecule has 1 aromatic carbocycles. The van der Waals surface area contributed by atoms with Gasteiger partial charge in [0.2, 0.25) is 0 Å². The Morgan fingerprint density at radius 2 is 1.23 bits per heavy atom. The number of hydrogen-bond donors (Lipinski definition) is 0. The first-order chi connectivity index (χ1) is 15.9. The molecular weight excluding hydrogens is 483 g/mol. The first kappa shape index (κ1) is 32.9. The second kappa shape index (κ2) is 14.2. The molecular formula is C29H57NO2SSi2. The van der Waals surface area contributed by atoms with Gasteiger partial charge in [-0.25, -0.2) is 0 Å². The van der Waals surface area contributed by atoms with E-state index in [0.29, 0.717) is 0 Å². The average Bonchev–Trinajstić information content (AvgIpc) is 2.68. The zero-order valence-electron chi connectivity index (χ0n) is 25.2. The van der Waals surface area contributed by atoms with Gasteiger partial charge in [0.25, 0.3) is 0 Å². The Hall–Kier alpha value is -0.116. The van der Waals surface area contributed by atoms with E-state index in [1.165, 1.54) is 24.2 Å². The van der Waals surface area contributed by atoms with Gasteiger partial charge >= 0.3 is 0 Å². The molecule has 0 spiro atoms. The van der Waals surface area contributed by atoms with Crippen molar-refractivity contribution < 1.29 is 8.85 Å². The Morgan fingerprint density at radius 1 is 0.771 bits per heavy atom. The van der Waals surface area contributed by atoms with E-state index in [2.05, 4.69) is 129 Å². The lowest BCUT2D eigenvalue weighted by atomic mass is 10.2. The second-order valence-corrected chi connectivity index (χ2v) is 24.0. The predicted octanol–water partition coefficient (Wildman–Crippen LogP) is 8.82. The quantitative estimate of drug-likeness (QED) is 0.164. The van der Waals surface area contributed by atoms with Crippen LogP contribution in [0.5, 0.6) is 0 Å². The summed E-state index contributed by atoms with van der Waals surface area (Å²) in [4.78, 5) is 2.61. The van der Waals surface area contributed by atoms with Gasteiger partial charge in [0.05, 0.1) is 12.2 Å². The maximum Gasteiger partial charge on any atom is 0.192 e. The second-order valence-electron chi connectivity index (χ2n) is 13.4. The van der Waals surface area contributed by atoms with Crippen LogP contribution >= 0.6 is 11.8 Å². The molecule has 2 unspecified atom stereocenters. The molecule has 0 aliphatic carbocycles. The zero-order chi connectivity index (χ0) is 26.9. The average molecular weight is 540 g/mol. The van der Waals surface area contributed by atoms with Crippen molar-refractivity contribution in [1.82, 2.24) is 4.90 Å². The Labute approximate surface area is 225 Å². The minimum atomic E-state index is -1.77. The zero-order valence-corrected chi connectivity index (χ0v) is 28.0. The molecule has 0 N–H and O–H groups in total. The van der Waals surface area contributed by atoms with Crippen molar-refractivity contribution in [3.05, 3.63) is 35.9 Å². The van der Waals surface area contributed by atoms with Crippen molar-refractivity contribution in [2.45, 2.75) is 122 Å². The van der Waals surface area contributed by atoms with Gasteiger partial charge in [0.1, 0.15) is 0 Å². The van der Waals surface area contributed by atoms with Crippen molar-refractivity contribution in [3.63, 3.8) is 0 Å². The van der Waals surface area contributed by atoms with Gasteiger partial charge in [-0.3, -0.25) is 4.90 Å². The molecule has 3 nitrogen and oxygen atoms in total. The molecule has 204 valence electrons. The summed E-state index contributed by atoms with van der Waals surface area (Å²) in [6.45, 7) is 31.0. The Kier molecular flexibility index (Phi) is 13.3. The Bertz CT molecular complexity index is 678. The standard InChI is InChI=1S/C29H57NO2SSi2/c1-25(31-34(9,10)28(3,4)5)22-30(23-26(2)32-35(11,12)29(6,7)8)20-16-17-21-33-24-27-18-14-13-15-19-27/h13-15,18-19,25-26H,16-17,20-24H2,1-12H3. The fourth-order valence-electron chi connectivity index (χ4n) is 3.72. The third kappa shape index (κ3) is 12.3. The monoisotopic (exact) mass is 539 g/mol. The lowest BCUT2D eigenvalue weighted by Crippen LogP contribution is -2.49. The summed E-state index contributed by atoms with van der Waals surface area (Å²) >= 11 is 2.05. The fraction of sp³-hybridized carbons (Fsp3) is 0.793. The molecule has 0 saturated carbocycles. The minimum absolute atomic E-state index is 0.237. The number of nitrogens with zero attached hydrogens (tertiary/aromatic N) is 1. The molecule has 1 rings (SSSR count). The van der Waals surface area contributed by atoms with E-state index in [4.69, 9.17) is 8.85 Å². The molecule has 0 aromatic heterocycles. The molecule has 0 saturated heterocycles. The van der Waals surface area contributed by atoms with E-state index >= 15 is 0 Å². The normalized spacial score (nSPS) is 15.5. The molecule has 0 aliphatic rings. The lowest BCUT2D eigenvalue weighted by Gasteiger charge is -2.41. The number of rotatable bonds is 15. The van der Waals surface area contributed by atoms with Crippen LogP contribution in [0.1, 0.15) is 73.8 Å². The highest BCUT2D eigenvalue weighted by Crippen LogP contribution is 2.38. The third-order valence-electron chi connectivity index (χ3n) is 7.76. The van der Waals surface area contributed by atoms with Crippen molar-refractivity contribution in [3.8, 4) is 0 Å². The molecule has 0 amide bonds. The SMILES string of the molecule is CC(CN(CCCCSCc1ccccc1)CC(C)O[Si](C)(C)C(C)(C)C)O[Si](C)(C)C(C)(C)C. The summed E-state index contributed by atoms with van der Waals surface area (Å²) in [5.41, 5.74) is 1.42. The van der Waals surface area contributed by atoms with Crippen LogP contribution in [0.2, 0.25) is 36.3 Å². The topological polar surface area (TPSA) is 21.7 Å². The maximum atomic E-state index is 6.72. The summed E-state index contributed by atoms with van der Waals surface area (Å²) in [5.74, 6) is 2.33. The van der Waals surface area contributed by atoms with E-state index in [1.54, 1.807) is 0 Å². The van der Waals surface area contributed by atoms with Crippen LogP contribution in [0, 0.1) is 0 Å². The van der Waals surface area contributed by atoms with E-state index in [9.17, 15) is 0 Å².